The molecular formula is C17H18Cl2O. The van der Waals surface area contributed by atoms with Crippen LogP contribution in [0.15, 0.2) is 30.3 Å². The molecule has 0 aliphatic rings. The summed E-state index contributed by atoms with van der Waals surface area (Å²) in [6.45, 7) is 6.16. The first-order chi connectivity index (χ1) is 9.45. The van der Waals surface area contributed by atoms with E-state index in [9.17, 15) is 5.11 Å². The molecule has 0 aliphatic heterocycles. The maximum Gasteiger partial charge on any atom is 0.122 e. The first-order valence-electron chi connectivity index (χ1n) is 6.75. The van der Waals surface area contributed by atoms with E-state index in [1.165, 1.54) is 0 Å². The third-order valence-electron chi connectivity index (χ3n) is 3.48. The molecule has 0 fully saturated rings. The summed E-state index contributed by atoms with van der Waals surface area (Å²) in [4.78, 5) is 0. The zero-order valence-electron chi connectivity index (χ0n) is 11.9. The van der Waals surface area contributed by atoms with E-state index in [0.717, 1.165) is 28.7 Å². The number of hydrogen-bond donors (Lipinski definition) is 1. The van der Waals surface area contributed by atoms with Gasteiger partial charge in [-0.1, -0.05) is 56.1 Å². The van der Waals surface area contributed by atoms with E-state index >= 15 is 0 Å². The summed E-state index contributed by atoms with van der Waals surface area (Å²) in [5.41, 5.74) is 3.77. The molecule has 0 unspecified atom stereocenters. The minimum absolute atomic E-state index is 0.248. The Kier molecular flexibility index (Phi) is 4.62. The summed E-state index contributed by atoms with van der Waals surface area (Å²) < 4.78 is 0. The quantitative estimate of drug-likeness (QED) is 0.731. The lowest BCUT2D eigenvalue weighted by Crippen LogP contribution is -1.95. The van der Waals surface area contributed by atoms with Gasteiger partial charge >= 0.3 is 0 Å². The maximum atomic E-state index is 10.3. The van der Waals surface area contributed by atoms with Gasteiger partial charge in [0.15, 0.2) is 0 Å². The molecule has 0 radical (unpaired) electrons. The van der Waals surface area contributed by atoms with Crippen molar-refractivity contribution in [3.05, 3.63) is 51.5 Å². The Balaban J connectivity index is 2.68. The summed E-state index contributed by atoms with van der Waals surface area (Å²) in [5.74, 6) is 0.641. The van der Waals surface area contributed by atoms with E-state index in [4.69, 9.17) is 23.2 Å². The van der Waals surface area contributed by atoms with Crippen LogP contribution in [-0.4, -0.2) is 5.11 Å². The Hall–Kier alpha value is -1.18. The summed E-state index contributed by atoms with van der Waals surface area (Å²) in [6.07, 6.45) is 0.775. The minimum Gasteiger partial charge on any atom is -0.507 e. The number of phenols is 1. The van der Waals surface area contributed by atoms with Crippen LogP contribution in [0, 0.1) is 0 Å². The Morgan fingerprint density at radius 2 is 1.85 bits per heavy atom. The fraction of sp³-hybridized carbons (Fsp3) is 0.294. The van der Waals surface area contributed by atoms with Gasteiger partial charge in [-0.2, -0.15) is 0 Å². The highest BCUT2D eigenvalue weighted by molar-refractivity contribution is 6.43. The molecule has 0 spiro atoms. The van der Waals surface area contributed by atoms with E-state index in [2.05, 4.69) is 13.8 Å². The van der Waals surface area contributed by atoms with E-state index < -0.39 is 0 Å². The van der Waals surface area contributed by atoms with Gasteiger partial charge in [0.1, 0.15) is 5.75 Å². The molecule has 2 rings (SSSR count). The minimum atomic E-state index is 0.248. The van der Waals surface area contributed by atoms with Crippen molar-refractivity contribution in [1.29, 1.82) is 0 Å². The van der Waals surface area contributed by atoms with Crippen LogP contribution >= 0.6 is 23.2 Å². The standard InChI is InChI=1S/C17H18Cl2O/c1-4-11-8-12(9-14(10(2)3)17(11)20)13-6-5-7-15(18)16(13)19/h5-10,20H,4H2,1-3H3. The third kappa shape index (κ3) is 2.79. The number of aryl methyl sites for hydroxylation is 1. The highest BCUT2D eigenvalue weighted by Gasteiger charge is 2.14. The molecule has 0 aliphatic carbocycles. The second-order valence-electron chi connectivity index (χ2n) is 5.18. The largest absolute Gasteiger partial charge is 0.507 e. The molecule has 3 heteroatoms. The lowest BCUT2D eigenvalue weighted by molar-refractivity contribution is 0.458. The van der Waals surface area contributed by atoms with E-state index in [-0.39, 0.29) is 5.92 Å². The van der Waals surface area contributed by atoms with Gasteiger partial charge in [-0.25, -0.2) is 0 Å². The smallest absolute Gasteiger partial charge is 0.122 e. The van der Waals surface area contributed by atoms with E-state index in [1.54, 1.807) is 6.07 Å². The summed E-state index contributed by atoms with van der Waals surface area (Å²) in [7, 11) is 0. The predicted octanol–water partition coefficient (Wildman–Crippen LogP) is 6.05. The van der Waals surface area contributed by atoms with Gasteiger partial charge < -0.3 is 5.11 Å². The van der Waals surface area contributed by atoms with Crippen molar-refractivity contribution in [3.63, 3.8) is 0 Å². The topological polar surface area (TPSA) is 20.2 Å². The second-order valence-corrected chi connectivity index (χ2v) is 5.97. The summed E-state index contributed by atoms with van der Waals surface area (Å²) in [5, 5.41) is 11.4. The van der Waals surface area contributed by atoms with E-state index in [1.807, 2.05) is 31.2 Å². The second kappa shape index (κ2) is 6.07. The highest BCUT2D eigenvalue weighted by atomic mass is 35.5. The molecule has 2 aromatic carbocycles. The van der Waals surface area contributed by atoms with Gasteiger partial charge in [-0.05, 0) is 47.2 Å². The van der Waals surface area contributed by atoms with Crippen LogP contribution in [0.5, 0.6) is 5.75 Å². The van der Waals surface area contributed by atoms with Crippen LogP contribution in [0.25, 0.3) is 11.1 Å². The number of halogens is 2. The lowest BCUT2D eigenvalue weighted by Gasteiger charge is -2.16. The number of aromatic hydroxyl groups is 1. The maximum absolute atomic E-state index is 10.3. The van der Waals surface area contributed by atoms with Gasteiger partial charge in [0.25, 0.3) is 0 Å². The molecule has 2 aromatic rings. The fourth-order valence-electron chi connectivity index (χ4n) is 2.31. The van der Waals surface area contributed by atoms with Crippen molar-refractivity contribution in [2.75, 3.05) is 0 Å². The molecule has 0 aromatic heterocycles. The zero-order chi connectivity index (χ0) is 14.9. The van der Waals surface area contributed by atoms with Crippen LogP contribution < -0.4 is 0 Å². The molecule has 1 N–H and O–H groups in total. The highest BCUT2D eigenvalue weighted by Crippen LogP contribution is 2.38. The molecular weight excluding hydrogens is 291 g/mol. The monoisotopic (exact) mass is 308 g/mol. The lowest BCUT2D eigenvalue weighted by atomic mass is 9.92. The Morgan fingerprint density at radius 3 is 2.45 bits per heavy atom. The molecule has 20 heavy (non-hydrogen) atoms. The summed E-state index contributed by atoms with van der Waals surface area (Å²) >= 11 is 12.4. The van der Waals surface area contributed by atoms with Crippen molar-refractivity contribution in [3.8, 4) is 16.9 Å². The Bertz CT molecular complexity index is 633. The molecule has 0 saturated heterocycles. The molecule has 0 amide bonds. The molecule has 0 atom stereocenters. The van der Waals surface area contributed by atoms with Crippen LogP contribution in [0.4, 0.5) is 0 Å². The first-order valence-corrected chi connectivity index (χ1v) is 7.51. The van der Waals surface area contributed by atoms with Gasteiger partial charge in [-0.15, -0.1) is 0 Å². The van der Waals surface area contributed by atoms with E-state index in [0.29, 0.717) is 15.8 Å². The Labute approximate surface area is 130 Å². The zero-order valence-corrected chi connectivity index (χ0v) is 13.4. The van der Waals surface area contributed by atoms with Crippen LogP contribution in [0.1, 0.15) is 37.8 Å². The number of benzene rings is 2. The number of phenolic OH excluding ortho intramolecular Hbond substituents is 1. The van der Waals surface area contributed by atoms with Crippen LogP contribution in [-0.2, 0) is 6.42 Å². The van der Waals surface area contributed by atoms with Crippen molar-refractivity contribution >= 4 is 23.2 Å². The molecule has 106 valence electrons. The van der Waals surface area contributed by atoms with Crippen molar-refractivity contribution in [2.45, 2.75) is 33.1 Å². The molecule has 0 bridgehead atoms. The molecule has 0 heterocycles. The first kappa shape index (κ1) is 15.2. The molecule has 1 nitrogen and oxygen atoms in total. The Morgan fingerprint density at radius 1 is 1.15 bits per heavy atom. The SMILES string of the molecule is CCc1cc(-c2cccc(Cl)c2Cl)cc(C(C)C)c1O. The average Bonchev–Trinajstić information content (AvgIpc) is 2.42. The molecule has 0 saturated carbocycles. The van der Waals surface area contributed by atoms with Crippen LogP contribution in [0.2, 0.25) is 10.0 Å². The van der Waals surface area contributed by atoms with Gasteiger partial charge in [0, 0.05) is 5.56 Å². The number of hydrogen-bond acceptors (Lipinski definition) is 1. The summed E-state index contributed by atoms with van der Waals surface area (Å²) in [6, 6.07) is 9.59. The van der Waals surface area contributed by atoms with Crippen molar-refractivity contribution < 1.29 is 5.11 Å². The normalized spacial score (nSPS) is 11.1. The van der Waals surface area contributed by atoms with Gasteiger partial charge in [0.05, 0.1) is 10.0 Å². The predicted molar refractivity (Wildman–Crippen MR) is 87.0 cm³/mol. The average molecular weight is 309 g/mol. The third-order valence-corrected chi connectivity index (χ3v) is 4.30. The van der Waals surface area contributed by atoms with Crippen molar-refractivity contribution in [1.82, 2.24) is 0 Å². The van der Waals surface area contributed by atoms with Crippen LogP contribution in [0.3, 0.4) is 0 Å². The fourth-order valence-corrected chi connectivity index (χ4v) is 2.72. The van der Waals surface area contributed by atoms with Crippen molar-refractivity contribution in [2.24, 2.45) is 0 Å². The van der Waals surface area contributed by atoms with Gasteiger partial charge in [-0.3, -0.25) is 0 Å². The number of rotatable bonds is 3. The van der Waals surface area contributed by atoms with Gasteiger partial charge in [0.2, 0.25) is 0 Å².